The molecule has 2 bridgehead atoms. The van der Waals surface area contributed by atoms with E-state index in [4.69, 9.17) is 24.4 Å². The van der Waals surface area contributed by atoms with Gasteiger partial charge in [0, 0.05) is 42.3 Å². The molecule has 14 heteroatoms. The van der Waals surface area contributed by atoms with Crippen molar-refractivity contribution in [2.45, 2.75) is 101 Å². The fraction of sp³-hybridized carbons (Fsp3) is 0.488. The van der Waals surface area contributed by atoms with Gasteiger partial charge in [-0.15, -0.1) is 0 Å². The van der Waals surface area contributed by atoms with Gasteiger partial charge in [0.05, 0.1) is 16.6 Å². The fourth-order valence-corrected chi connectivity index (χ4v) is 10.3. The summed E-state index contributed by atoms with van der Waals surface area (Å²) < 4.78 is 71.3. The highest BCUT2D eigenvalue weighted by molar-refractivity contribution is 6.01. The Hall–Kier alpha value is -4.69. The second-order valence-corrected chi connectivity index (χ2v) is 15.9. The summed E-state index contributed by atoms with van der Waals surface area (Å²) >= 11 is 0. The summed E-state index contributed by atoms with van der Waals surface area (Å²) in [5.41, 5.74) is 1.37. The number of hydrogen-bond acceptors (Lipinski definition) is 10. The maximum atomic E-state index is 17.3. The minimum absolute atomic E-state index is 0.0433. The zero-order valence-corrected chi connectivity index (χ0v) is 30.6. The second kappa shape index (κ2) is 13.5. The largest absolute Gasteiger partial charge is 0.476 e. The first kappa shape index (κ1) is 34.8. The maximum absolute atomic E-state index is 17.3. The van der Waals surface area contributed by atoms with Crippen molar-refractivity contribution >= 4 is 27.5 Å². The van der Waals surface area contributed by atoms with E-state index < -0.39 is 12.2 Å². The van der Waals surface area contributed by atoms with Gasteiger partial charge in [0.25, 0.3) is 6.43 Å². The molecule has 10 nitrogen and oxygen atoms in total. The Morgan fingerprint density at radius 1 is 0.964 bits per heavy atom. The summed E-state index contributed by atoms with van der Waals surface area (Å²) in [4.78, 5) is 27.4. The van der Waals surface area contributed by atoms with E-state index in [9.17, 15) is 13.2 Å². The molecule has 5 aliphatic rings. The summed E-state index contributed by atoms with van der Waals surface area (Å²) in [6, 6.07) is 10.9. The standard InChI is InChI=1S/C41H42F4N8O2/c1-22-27(42)11-9-23-5-2-6-26(33(22)23)36-35(43)37-34-29(49-36)7-3-8-31-28-12-10-24(48-28)18-52(31)39(34)51-40(50-37)55-20-41-14-4-16-53(41)25(13-15-41)19-54-32-17-30(38(44)45)46-21-47-32/h2,5-6,9,11,17,21,24-25,28,31,38,48H,3-4,7-8,10,12-16,18-20H2,1H3/t24-,25+,28+,31-,41+/m1/s1. The smallest absolute Gasteiger partial charge is 0.319 e. The highest BCUT2D eigenvalue weighted by Gasteiger charge is 2.50. The highest BCUT2D eigenvalue weighted by Crippen LogP contribution is 2.45. The van der Waals surface area contributed by atoms with Gasteiger partial charge in [0.15, 0.2) is 5.82 Å². The van der Waals surface area contributed by atoms with Crippen molar-refractivity contribution in [3.63, 3.8) is 0 Å². The molecule has 10 rings (SSSR count). The lowest BCUT2D eigenvalue weighted by Gasteiger charge is -2.43. The van der Waals surface area contributed by atoms with Crippen molar-refractivity contribution in [1.82, 2.24) is 35.1 Å². The zero-order valence-electron chi connectivity index (χ0n) is 30.6. The van der Waals surface area contributed by atoms with Gasteiger partial charge in [0.1, 0.15) is 48.1 Å². The van der Waals surface area contributed by atoms with E-state index in [1.165, 1.54) is 12.1 Å². The first-order valence-electron chi connectivity index (χ1n) is 19.5. The molecule has 0 amide bonds. The topological polar surface area (TPSA) is 101 Å². The van der Waals surface area contributed by atoms with Crippen molar-refractivity contribution in [2.75, 3.05) is 31.2 Å². The van der Waals surface area contributed by atoms with E-state index in [1.807, 2.05) is 18.2 Å². The molecule has 0 aliphatic carbocycles. The van der Waals surface area contributed by atoms with E-state index >= 15 is 4.39 Å². The van der Waals surface area contributed by atoms with Gasteiger partial charge >= 0.3 is 6.01 Å². The molecule has 2 aromatic carbocycles. The van der Waals surface area contributed by atoms with Crippen LogP contribution in [-0.4, -0.2) is 85.8 Å². The molecule has 4 saturated heterocycles. The van der Waals surface area contributed by atoms with Crippen LogP contribution < -0.4 is 19.7 Å². The van der Waals surface area contributed by atoms with Crippen molar-refractivity contribution in [3.8, 4) is 23.1 Å². The van der Waals surface area contributed by atoms with Crippen molar-refractivity contribution in [1.29, 1.82) is 0 Å². The second-order valence-electron chi connectivity index (χ2n) is 15.9. The molecule has 3 aromatic heterocycles. The predicted molar refractivity (Wildman–Crippen MR) is 199 cm³/mol. The molecule has 5 aromatic rings. The van der Waals surface area contributed by atoms with Crippen LogP contribution in [0.3, 0.4) is 0 Å². The summed E-state index contributed by atoms with van der Waals surface area (Å²) in [5, 5.41) is 5.87. The van der Waals surface area contributed by atoms with Crippen LogP contribution in [0.5, 0.6) is 11.9 Å². The summed E-state index contributed by atoms with van der Waals surface area (Å²) in [7, 11) is 0. The van der Waals surface area contributed by atoms with Crippen LogP contribution in [0.4, 0.5) is 23.4 Å². The number of benzene rings is 2. The average Bonchev–Trinajstić information content (AvgIpc) is 3.89. The number of pyridine rings is 1. The Balaban J connectivity index is 1.02. The lowest BCUT2D eigenvalue weighted by Crippen LogP contribution is -2.58. The molecular weight excluding hydrogens is 712 g/mol. The highest BCUT2D eigenvalue weighted by atomic mass is 19.3. The first-order chi connectivity index (χ1) is 26.8. The SMILES string of the molecule is Cc1c(F)ccc2cccc(-c3nc4c5c(nc(OC[C@@]67CCCN6[C@H](COc6cc(C(F)F)ncn6)CC7)nc5c3F)N3C[C@H]5CC[C@H](N5)[C@H]3CCC4)c12. The van der Waals surface area contributed by atoms with Gasteiger partial charge < -0.3 is 19.7 Å². The third-order valence-electron chi connectivity index (χ3n) is 12.9. The van der Waals surface area contributed by atoms with Crippen LogP contribution in [0.2, 0.25) is 0 Å². The lowest BCUT2D eigenvalue weighted by molar-refractivity contribution is 0.0677. The van der Waals surface area contributed by atoms with Gasteiger partial charge in [-0.05, 0) is 93.7 Å². The van der Waals surface area contributed by atoms with Gasteiger partial charge in [-0.25, -0.2) is 32.5 Å². The zero-order chi connectivity index (χ0) is 37.4. The molecule has 4 fully saturated rings. The molecule has 0 unspecified atom stereocenters. The Morgan fingerprint density at radius 3 is 2.76 bits per heavy atom. The normalized spacial score (nSPS) is 26.0. The monoisotopic (exact) mass is 754 g/mol. The average molecular weight is 755 g/mol. The number of nitrogens with zero attached hydrogens (tertiary/aromatic N) is 7. The number of aromatic nitrogens is 5. The number of nitrogens with one attached hydrogen (secondary N) is 1. The summed E-state index contributed by atoms with van der Waals surface area (Å²) in [5.74, 6) is -0.131. The molecule has 5 atom stereocenters. The summed E-state index contributed by atoms with van der Waals surface area (Å²) in [6.07, 6.45) is 6.58. The third kappa shape index (κ3) is 5.85. The van der Waals surface area contributed by atoms with Crippen LogP contribution in [0, 0.1) is 18.6 Å². The number of anilines is 1. The fourth-order valence-electron chi connectivity index (χ4n) is 10.3. The minimum Gasteiger partial charge on any atom is -0.476 e. The molecule has 8 heterocycles. The number of ether oxygens (including phenoxy) is 2. The molecule has 0 saturated carbocycles. The molecule has 0 radical (unpaired) electrons. The first-order valence-corrected chi connectivity index (χ1v) is 19.5. The van der Waals surface area contributed by atoms with E-state index in [0.29, 0.717) is 59.4 Å². The number of hydrogen-bond donors (Lipinski definition) is 1. The molecule has 1 N–H and O–H groups in total. The van der Waals surface area contributed by atoms with E-state index in [2.05, 4.69) is 25.1 Å². The van der Waals surface area contributed by atoms with E-state index in [0.717, 1.165) is 81.9 Å². The van der Waals surface area contributed by atoms with E-state index in [1.54, 1.807) is 13.0 Å². The number of alkyl halides is 2. The van der Waals surface area contributed by atoms with Crippen molar-refractivity contribution in [3.05, 3.63) is 71.3 Å². The van der Waals surface area contributed by atoms with Gasteiger partial charge in [-0.1, -0.05) is 24.3 Å². The molecular formula is C41H42F4N8O2. The Bertz CT molecular complexity index is 2310. The van der Waals surface area contributed by atoms with Gasteiger partial charge in [0.2, 0.25) is 5.88 Å². The van der Waals surface area contributed by atoms with Crippen LogP contribution in [0.1, 0.15) is 74.7 Å². The Kier molecular flexibility index (Phi) is 8.54. The number of halogens is 4. The quantitative estimate of drug-likeness (QED) is 0.163. The Labute approximate surface area is 315 Å². The van der Waals surface area contributed by atoms with Crippen LogP contribution in [0.15, 0.2) is 42.7 Å². The van der Waals surface area contributed by atoms with Gasteiger partial charge in [-0.2, -0.15) is 9.97 Å². The molecule has 286 valence electrons. The third-order valence-corrected chi connectivity index (χ3v) is 12.9. The number of fused-ring (bicyclic) bond motifs is 7. The number of rotatable bonds is 8. The lowest BCUT2D eigenvalue weighted by atomic mass is 9.93. The molecule has 0 spiro atoms. The predicted octanol–water partition coefficient (Wildman–Crippen LogP) is 7.26. The van der Waals surface area contributed by atoms with Crippen molar-refractivity contribution in [2.24, 2.45) is 0 Å². The van der Waals surface area contributed by atoms with Crippen LogP contribution in [-0.2, 0) is 6.42 Å². The van der Waals surface area contributed by atoms with Crippen LogP contribution in [0.25, 0.3) is 32.9 Å². The van der Waals surface area contributed by atoms with Gasteiger partial charge in [-0.3, -0.25) is 4.90 Å². The summed E-state index contributed by atoms with van der Waals surface area (Å²) in [6.45, 7) is 3.92. The number of aryl methyl sites for hydroxylation is 2. The van der Waals surface area contributed by atoms with E-state index in [-0.39, 0.29) is 52.2 Å². The van der Waals surface area contributed by atoms with Crippen LogP contribution >= 0.6 is 0 Å². The molecule has 55 heavy (non-hydrogen) atoms. The number of piperazine rings is 1. The molecule has 5 aliphatic heterocycles. The van der Waals surface area contributed by atoms with Crippen molar-refractivity contribution < 1.29 is 27.0 Å². The Morgan fingerprint density at radius 2 is 1.87 bits per heavy atom. The maximum Gasteiger partial charge on any atom is 0.319 e. The minimum atomic E-state index is -2.71.